The van der Waals surface area contributed by atoms with Gasteiger partial charge in [-0.3, -0.25) is 0 Å². The maximum atomic E-state index is 3.89. The Morgan fingerprint density at radius 3 is 0.737 bits per heavy atom. The Kier molecular flexibility index (Phi) is 16.8. The third-order valence-corrected chi connectivity index (χ3v) is 25.9. The SMILES string of the molecule is C[n+]1[c-]n(-c2[c-]cc(-c3ccccc3-c3cc(-c4ccccc4-c4c[c-]c(-n5[c-][n+](C)c6ccccc65)cc4-c4ccc5c(c4)C(C)(C)c4ccccc4-5)cc(-c4ccccc4-c4c[c-]c(-n5[c-][n+](C)c6ccccc65)cc4-c4ccc5c(c4)C(C)(C)c4ccccc4-5)c3)c(-c3ccc4c(c3)C(C)(C)c3ccccc3-4)c2)c2ccccc21.[Ir]. The molecule has 3 aromatic heterocycles. The van der Waals surface area contributed by atoms with Crippen LogP contribution in [0.5, 0.6) is 0 Å². The van der Waals surface area contributed by atoms with Crippen molar-refractivity contribution in [2.45, 2.75) is 57.8 Å². The number of aromatic nitrogens is 6. The molecule has 0 amide bonds. The largest absolute Gasteiger partial charge is 0.342 e. The van der Waals surface area contributed by atoms with Gasteiger partial charge >= 0.3 is 0 Å². The standard InChI is InChI=1S/C111H81N6.Ir/c1-109(2)97-37-19-16-34-88(97)91-52-46-70(61-100(91)109)94-64-76(115-67-112(7)103-40-22-25-43-106(103)115)49-55-85(94)82-31-13-10-28-79(82)73-58-74(80-29-11-14-32-83(80)86-56-50-77(116-68-113(8)104-41-23-26-44-107(104)116)65-95(86)71-47-53-92-89-35-17-20-38-98(89)110(3,4)101(92)62-71)60-75(59-73)81-30-12-15-33-84(81)87-57-51-78(117-69-114(9)105-42-24-27-45-108(105)117)66-96(87)72-48-54-93-90-36-18-21-39-99(90)111(5,6)102(93)63-72;/h10-48,52-66H,1-9H3;/q-3;. The molecule has 6 nitrogen and oxygen atoms in total. The Morgan fingerprint density at radius 1 is 0.212 bits per heavy atom. The van der Waals surface area contributed by atoms with Crippen LogP contribution >= 0.6 is 0 Å². The molecule has 3 aliphatic carbocycles. The first-order chi connectivity index (χ1) is 57.0. The van der Waals surface area contributed by atoms with Crippen molar-refractivity contribution in [3.8, 4) is 151 Å². The second-order valence-corrected chi connectivity index (χ2v) is 33.6. The van der Waals surface area contributed by atoms with E-state index in [0.717, 1.165) is 150 Å². The summed E-state index contributed by atoms with van der Waals surface area (Å²) in [5.74, 6) is 0. The Labute approximate surface area is 703 Å². The number of nitrogens with zero attached hydrogens (tertiary/aromatic N) is 6. The molecule has 0 bridgehead atoms. The maximum absolute atomic E-state index is 3.89. The minimum atomic E-state index is -0.231. The van der Waals surface area contributed by atoms with Gasteiger partial charge in [-0.2, -0.15) is 54.6 Å². The molecule has 0 fully saturated rings. The summed E-state index contributed by atoms with van der Waals surface area (Å²) in [6.07, 6.45) is 11.0. The monoisotopic (exact) mass is 1690 g/mol. The molecule has 0 unspecified atom stereocenters. The molecule has 0 spiro atoms. The minimum Gasteiger partial charge on any atom is -0.342 e. The van der Waals surface area contributed by atoms with Gasteiger partial charge in [-0.25, -0.2) is 0 Å². The smallest absolute Gasteiger partial charge is 0.242 e. The van der Waals surface area contributed by atoms with Gasteiger partial charge in [0.25, 0.3) is 0 Å². The number of hydrogen-bond acceptors (Lipinski definition) is 0. The number of imidazole rings is 3. The third kappa shape index (κ3) is 11.2. The summed E-state index contributed by atoms with van der Waals surface area (Å²) in [6.45, 7) is 14.2. The van der Waals surface area contributed by atoms with Crippen molar-refractivity contribution in [2.75, 3.05) is 0 Å². The molecular formula is C111H81IrN6-3. The number of rotatable bonds is 12. The fraction of sp³-hybridized carbons (Fsp3) is 0.108. The molecule has 0 saturated carbocycles. The van der Waals surface area contributed by atoms with E-state index in [2.05, 4.69) is 455 Å². The van der Waals surface area contributed by atoms with Crippen LogP contribution in [-0.2, 0) is 57.5 Å². The summed E-state index contributed by atoms with van der Waals surface area (Å²) < 4.78 is 12.7. The number of hydrogen-bond donors (Lipinski definition) is 0. The summed E-state index contributed by atoms with van der Waals surface area (Å²) in [4.78, 5) is 0. The summed E-state index contributed by atoms with van der Waals surface area (Å²) in [5, 5.41) is 0. The molecule has 567 valence electrons. The summed E-state index contributed by atoms with van der Waals surface area (Å²) in [6, 6.07) is 134. The van der Waals surface area contributed by atoms with E-state index in [9.17, 15) is 0 Å². The van der Waals surface area contributed by atoms with Gasteiger partial charge in [-0.1, -0.05) is 348 Å². The summed E-state index contributed by atoms with van der Waals surface area (Å²) in [5.41, 5.74) is 43.8. The molecule has 3 heterocycles. The van der Waals surface area contributed by atoms with Crippen molar-refractivity contribution >= 4 is 33.1 Å². The van der Waals surface area contributed by atoms with Crippen molar-refractivity contribution in [1.29, 1.82) is 0 Å². The van der Waals surface area contributed by atoms with Crippen LogP contribution in [0.25, 0.3) is 184 Å². The first-order valence-electron chi connectivity index (χ1n) is 40.6. The Bertz CT molecular complexity index is 6710. The van der Waals surface area contributed by atoms with Gasteiger partial charge in [0.2, 0.25) is 19.0 Å². The summed E-state index contributed by atoms with van der Waals surface area (Å²) in [7, 11) is 6.22. The van der Waals surface area contributed by atoms with Crippen LogP contribution < -0.4 is 13.7 Å². The topological polar surface area (TPSA) is 26.4 Å². The molecule has 1 radical (unpaired) electrons. The Balaban J connectivity index is 0.00000866. The van der Waals surface area contributed by atoms with Crippen LogP contribution in [0.3, 0.4) is 0 Å². The van der Waals surface area contributed by atoms with Crippen LogP contribution in [0.1, 0.15) is 74.9 Å². The molecule has 19 aromatic rings. The zero-order valence-corrected chi connectivity index (χ0v) is 69.6. The Morgan fingerprint density at radius 2 is 0.449 bits per heavy atom. The predicted octanol–water partition coefficient (Wildman–Crippen LogP) is 24.7. The number of benzene rings is 16. The third-order valence-electron chi connectivity index (χ3n) is 25.9. The van der Waals surface area contributed by atoms with Gasteiger partial charge in [-0.05, 0) is 135 Å². The zero-order valence-electron chi connectivity index (χ0n) is 67.2. The molecule has 0 saturated heterocycles. The molecule has 3 aliphatic rings. The number of aryl methyl sites for hydroxylation is 3. The van der Waals surface area contributed by atoms with Gasteiger partial charge in [0.1, 0.15) is 0 Å². The second kappa shape index (κ2) is 27.4. The van der Waals surface area contributed by atoms with Crippen molar-refractivity contribution in [3.63, 3.8) is 0 Å². The van der Waals surface area contributed by atoms with Crippen LogP contribution in [-0.4, -0.2) is 13.7 Å². The minimum absolute atomic E-state index is 0. The average Bonchev–Trinajstić information content (AvgIpc) is 1.23. The van der Waals surface area contributed by atoms with E-state index in [1.54, 1.807) is 0 Å². The van der Waals surface area contributed by atoms with Crippen LogP contribution in [0.4, 0.5) is 0 Å². The van der Waals surface area contributed by atoms with Gasteiger partial charge in [0.15, 0.2) is 0 Å². The van der Waals surface area contributed by atoms with E-state index in [1.807, 2.05) is 0 Å². The van der Waals surface area contributed by atoms with Gasteiger partial charge in [-0.15, -0.1) is 33.4 Å². The second-order valence-electron chi connectivity index (χ2n) is 33.6. The van der Waals surface area contributed by atoms with Crippen LogP contribution in [0.2, 0.25) is 0 Å². The summed E-state index contributed by atoms with van der Waals surface area (Å²) >= 11 is 0. The van der Waals surface area contributed by atoms with Crippen molar-refractivity contribution in [1.82, 2.24) is 13.7 Å². The van der Waals surface area contributed by atoms with E-state index in [0.29, 0.717) is 0 Å². The van der Waals surface area contributed by atoms with Crippen molar-refractivity contribution in [2.24, 2.45) is 21.1 Å². The fourth-order valence-electron chi connectivity index (χ4n) is 20.0. The molecule has 16 aromatic carbocycles. The van der Waals surface area contributed by atoms with Crippen molar-refractivity contribution in [3.05, 3.63) is 398 Å². The molecule has 118 heavy (non-hydrogen) atoms. The first-order valence-corrected chi connectivity index (χ1v) is 40.6. The van der Waals surface area contributed by atoms with E-state index in [1.165, 1.54) is 66.8 Å². The van der Waals surface area contributed by atoms with E-state index in [4.69, 9.17) is 0 Å². The van der Waals surface area contributed by atoms with E-state index < -0.39 is 0 Å². The molecule has 0 N–H and O–H groups in total. The Hall–Kier alpha value is -13.4. The molecule has 0 aliphatic heterocycles. The number of fused-ring (bicyclic) bond motifs is 12. The van der Waals surface area contributed by atoms with Crippen molar-refractivity contribution < 1.29 is 33.8 Å². The van der Waals surface area contributed by atoms with Gasteiger partial charge in [0, 0.05) is 36.4 Å². The predicted molar refractivity (Wildman–Crippen MR) is 475 cm³/mol. The van der Waals surface area contributed by atoms with Crippen LogP contribution in [0, 0.1) is 37.2 Å². The fourth-order valence-corrected chi connectivity index (χ4v) is 20.0. The molecule has 0 atom stereocenters. The van der Waals surface area contributed by atoms with Crippen LogP contribution in [0.15, 0.2) is 328 Å². The van der Waals surface area contributed by atoms with Gasteiger partial charge < -0.3 is 27.4 Å². The maximum Gasteiger partial charge on any atom is 0.242 e. The zero-order chi connectivity index (χ0) is 78.9. The molecule has 7 heteroatoms. The van der Waals surface area contributed by atoms with E-state index >= 15 is 0 Å². The average molecular weight is 1690 g/mol. The number of para-hydroxylation sites is 6. The molecular weight excluding hydrogens is 1610 g/mol. The normalized spacial score (nSPS) is 13.6. The molecule has 22 rings (SSSR count). The van der Waals surface area contributed by atoms with E-state index in [-0.39, 0.29) is 36.4 Å². The van der Waals surface area contributed by atoms with Gasteiger partial charge in [0.05, 0.1) is 54.2 Å². The first kappa shape index (κ1) is 72.3. The quantitative estimate of drug-likeness (QED) is 0.0861.